The standard InChI is InChI=1S/C18H18ClN3O3/c1-20-6-5-14(12-16(20)23)18(25)22-9-7-21(8-10-22)17(24)13-3-2-4-15(19)11-13/h2-6,11-12H,7-10H2,1H3. The maximum atomic E-state index is 12.5. The Kier molecular flexibility index (Phi) is 4.90. The van der Waals surface area contributed by atoms with Crippen molar-refractivity contribution in [3.05, 3.63) is 69.1 Å². The van der Waals surface area contributed by atoms with Gasteiger partial charge in [-0.15, -0.1) is 0 Å². The van der Waals surface area contributed by atoms with Crippen LogP contribution in [0.2, 0.25) is 5.02 Å². The Labute approximate surface area is 150 Å². The summed E-state index contributed by atoms with van der Waals surface area (Å²) >= 11 is 5.93. The van der Waals surface area contributed by atoms with Gasteiger partial charge in [0.05, 0.1) is 0 Å². The van der Waals surface area contributed by atoms with Gasteiger partial charge in [-0.3, -0.25) is 14.4 Å². The van der Waals surface area contributed by atoms with E-state index in [0.717, 1.165) is 0 Å². The molecule has 2 aromatic rings. The van der Waals surface area contributed by atoms with Crippen molar-refractivity contribution in [3.8, 4) is 0 Å². The third-order valence-corrected chi connectivity index (χ3v) is 4.51. The SMILES string of the molecule is Cn1ccc(C(=O)N2CCN(C(=O)c3cccc(Cl)c3)CC2)cc1=O. The molecule has 6 nitrogen and oxygen atoms in total. The van der Waals surface area contributed by atoms with Crippen LogP contribution in [0.25, 0.3) is 0 Å². The molecule has 130 valence electrons. The topological polar surface area (TPSA) is 62.6 Å². The first-order chi connectivity index (χ1) is 12.0. The molecule has 7 heteroatoms. The Hall–Kier alpha value is -2.60. The molecule has 1 aromatic carbocycles. The molecule has 0 radical (unpaired) electrons. The van der Waals surface area contributed by atoms with Crippen LogP contribution in [-0.2, 0) is 7.05 Å². The summed E-state index contributed by atoms with van der Waals surface area (Å²) in [4.78, 5) is 40.1. The van der Waals surface area contributed by atoms with E-state index in [1.165, 1.54) is 10.6 Å². The van der Waals surface area contributed by atoms with Gasteiger partial charge in [-0.2, -0.15) is 0 Å². The summed E-state index contributed by atoms with van der Waals surface area (Å²) < 4.78 is 1.42. The van der Waals surface area contributed by atoms with Gasteiger partial charge in [-0.25, -0.2) is 0 Å². The number of hydrogen-bond donors (Lipinski definition) is 0. The van der Waals surface area contributed by atoms with Crippen molar-refractivity contribution in [1.82, 2.24) is 14.4 Å². The molecule has 0 atom stereocenters. The van der Waals surface area contributed by atoms with Gasteiger partial charge in [-0.05, 0) is 24.3 Å². The van der Waals surface area contributed by atoms with Gasteiger partial charge in [0, 0.05) is 61.6 Å². The molecule has 1 aliphatic heterocycles. The number of halogens is 1. The number of amides is 2. The fourth-order valence-corrected chi connectivity index (χ4v) is 2.97. The molecule has 0 N–H and O–H groups in total. The monoisotopic (exact) mass is 359 g/mol. The van der Waals surface area contributed by atoms with E-state index < -0.39 is 0 Å². The second kappa shape index (κ2) is 7.11. The molecular formula is C18H18ClN3O3. The van der Waals surface area contributed by atoms with E-state index in [4.69, 9.17) is 11.6 Å². The van der Waals surface area contributed by atoms with E-state index in [2.05, 4.69) is 0 Å². The van der Waals surface area contributed by atoms with E-state index in [0.29, 0.717) is 42.3 Å². The third-order valence-electron chi connectivity index (χ3n) is 4.28. The zero-order valence-corrected chi connectivity index (χ0v) is 14.6. The van der Waals surface area contributed by atoms with Gasteiger partial charge in [0.2, 0.25) is 0 Å². The number of carbonyl (C=O) groups is 2. The minimum atomic E-state index is -0.222. The molecule has 25 heavy (non-hydrogen) atoms. The number of rotatable bonds is 2. The lowest BCUT2D eigenvalue weighted by molar-refractivity contribution is 0.0535. The maximum absolute atomic E-state index is 12.5. The zero-order valence-electron chi connectivity index (χ0n) is 13.8. The average molecular weight is 360 g/mol. The van der Waals surface area contributed by atoms with E-state index in [1.807, 2.05) is 0 Å². The van der Waals surface area contributed by atoms with Crippen LogP contribution in [0.5, 0.6) is 0 Å². The number of benzene rings is 1. The van der Waals surface area contributed by atoms with E-state index in [-0.39, 0.29) is 17.4 Å². The lowest BCUT2D eigenvalue weighted by Gasteiger charge is -2.34. The van der Waals surface area contributed by atoms with Crippen LogP contribution in [0.3, 0.4) is 0 Å². The fourth-order valence-electron chi connectivity index (χ4n) is 2.78. The minimum absolute atomic E-state index is 0.0943. The third kappa shape index (κ3) is 3.74. The number of hydrogen-bond acceptors (Lipinski definition) is 3. The van der Waals surface area contributed by atoms with Crippen LogP contribution < -0.4 is 5.56 Å². The van der Waals surface area contributed by atoms with Crippen molar-refractivity contribution < 1.29 is 9.59 Å². The van der Waals surface area contributed by atoms with Gasteiger partial charge >= 0.3 is 0 Å². The normalized spacial score (nSPS) is 14.5. The minimum Gasteiger partial charge on any atom is -0.335 e. The van der Waals surface area contributed by atoms with Gasteiger partial charge in [0.15, 0.2) is 0 Å². The Balaban J connectivity index is 1.65. The first-order valence-electron chi connectivity index (χ1n) is 7.96. The molecule has 0 saturated carbocycles. The highest BCUT2D eigenvalue weighted by molar-refractivity contribution is 6.30. The van der Waals surface area contributed by atoms with Crippen molar-refractivity contribution in [2.45, 2.75) is 0 Å². The molecule has 0 unspecified atom stereocenters. The predicted molar refractivity (Wildman–Crippen MR) is 94.9 cm³/mol. The van der Waals surface area contributed by atoms with Gasteiger partial charge in [0.1, 0.15) is 0 Å². The highest BCUT2D eigenvalue weighted by atomic mass is 35.5. The summed E-state index contributed by atoms with van der Waals surface area (Å²) in [6.07, 6.45) is 1.58. The first-order valence-corrected chi connectivity index (χ1v) is 8.34. The summed E-state index contributed by atoms with van der Waals surface area (Å²) in [5.74, 6) is -0.282. The molecule has 0 spiro atoms. The van der Waals surface area contributed by atoms with Crippen LogP contribution in [0.4, 0.5) is 0 Å². The second-order valence-corrected chi connectivity index (χ2v) is 6.40. The summed E-state index contributed by atoms with van der Waals surface area (Å²) in [6, 6.07) is 9.80. The molecule has 0 bridgehead atoms. The summed E-state index contributed by atoms with van der Waals surface area (Å²) in [5.41, 5.74) is 0.692. The van der Waals surface area contributed by atoms with E-state index in [1.54, 1.807) is 53.4 Å². The van der Waals surface area contributed by atoms with Crippen molar-refractivity contribution in [2.24, 2.45) is 7.05 Å². The number of pyridine rings is 1. The van der Waals surface area contributed by atoms with Crippen LogP contribution in [-0.4, -0.2) is 52.4 Å². The van der Waals surface area contributed by atoms with E-state index >= 15 is 0 Å². The van der Waals surface area contributed by atoms with Crippen LogP contribution >= 0.6 is 11.6 Å². The summed E-state index contributed by atoms with van der Waals surface area (Å²) in [7, 11) is 1.64. The number of nitrogens with zero attached hydrogens (tertiary/aromatic N) is 3. The molecule has 2 amide bonds. The molecule has 1 saturated heterocycles. The Bertz CT molecular complexity index is 870. The highest BCUT2D eigenvalue weighted by Crippen LogP contribution is 2.15. The van der Waals surface area contributed by atoms with E-state index in [9.17, 15) is 14.4 Å². The number of aromatic nitrogens is 1. The molecule has 0 aliphatic carbocycles. The zero-order chi connectivity index (χ0) is 18.0. The largest absolute Gasteiger partial charge is 0.335 e. The molecule has 1 aromatic heterocycles. The van der Waals surface area contributed by atoms with Crippen molar-refractivity contribution in [1.29, 1.82) is 0 Å². The van der Waals surface area contributed by atoms with Crippen LogP contribution in [0, 0.1) is 0 Å². The van der Waals surface area contributed by atoms with Gasteiger partial charge in [0.25, 0.3) is 17.4 Å². The molecule has 1 fully saturated rings. The predicted octanol–water partition coefficient (Wildman–Crippen LogP) is 1.64. The van der Waals surface area contributed by atoms with Crippen molar-refractivity contribution in [3.63, 3.8) is 0 Å². The number of piperazine rings is 1. The van der Waals surface area contributed by atoms with Gasteiger partial charge in [-0.1, -0.05) is 17.7 Å². The van der Waals surface area contributed by atoms with Gasteiger partial charge < -0.3 is 14.4 Å². The summed E-state index contributed by atoms with van der Waals surface area (Å²) in [6.45, 7) is 1.75. The smallest absolute Gasteiger partial charge is 0.254 e. The Morgan fingerprint density at radius 3 is 2.00 bits per heavy atom. The Morgan fingerprint density at radius 2 is 1.48 bits per heavy atom. The van der Waals surface area contributed by atoms with Crippen LogP contribution in [0.15, 0.2) is 47.4 Å². The quantitative estimate of drug-likeness (QED) is 0.818. The average Bonchev–Trinajstić information content (AvgIpc) is 2.63. The number of aryl methyl sites for hydroxylation is 1. The lowest BCUT2D eigenvalue weighted by atomic mass is 10.1. The first kappa shape index (κ1) is 17.2. The molecule has 2 heterocycles. The highest BCUT2D eigenvalue weighted by Gasteiger charge is 2.25. The Morgan fingerprint density at radius 1 is 0.920 bits per heavy atom. The lowest BCUT2D eigenvalue weighted by Crippen LogP contribution is -2.50. The maximum Gasteiger partial charge on any atom is 0.254 e. The van der Waals surface area contributed by atoms with Crippen molar-refractivity contribution >= 4 is 23.4 Å². The fraction of sp³-hybridized carbons (Fsp3) is 0.278. The molecular weight excluding hydrogens is 342 g/mol. The molecule has 1 aliphatic rings. The van der Waals surface area contributed by atoms with Crippen molar-refractivity contribution in [2.75, 3.05) is 26.2 Å². The number of carbonyl (C=O) groups excluding carboxylic acids is 2. The second-order valence-electron chi connectivity index (χ2n) is 5.96. The summed E-state index contributed by atoms with van der Waals surface area (Å²) in [5, 5.41) is 0.519. The van der Waals surface area contributed by atoms with Crippen LogP contribution in [0.1, 0.15) is 20.7 Å². The molecule has 3 rings (SSSR count).